The lowest BCUT2D eigenvalue weighted by Crippen LogP contribution is -2.23. The van der Waals surface area contributed by atoms with E-state index in [9.17, 15) is 9.59 Å². The number of hydrogen-bond donors (Lipinski definition) is 2. The van der Waals surface area contributed by atoms with Crippen molar-refractivity contribution in [2.75, 3.05) is 6.54 Å². The van der Waals surface area contributed by atoms with Crippen LogP contribution in [0.4, 0.5) is 0 Å². The third-order valence-electron chi connectivity index (χ3n) is 2.24. The molecule has 0 aliphatic carbocycles. The Morgan fingerprint density at radius 3 is 2.72 bits per heavy atom. The Morgan fingerprint density at radius 2 is 2.22 bits per heavy atom. The molecule has 0 aliphatic heterocycles. The van der Waals surface area contributed by atoms with Crippen LogP contribution in [0.2, 0.25) is 5.15 Å². The van der Waals surface area contributed by atoms with Crippen molar-refractivity contribution < 1.29 is 14.7 Å². The van der Waals surface area contributed by atoms with Gasteiger partial charge in [-0.1, -0.05) is 11.6 Å². The SMILES string of the molecule is Cc1nn(C)c(Cl)c1/C=C/C(=O)NCCC(=O)O. The largest absolute Gasteiger partial charge is 0.481 e. The van der Waals surface area contributed by atoms with E-state index in [0.717, 1.165) is 5.69 Å². The second-order valence-electron chi connectivity index (χ2n) is 3.68. The highest BCUT2D eigenvalue weighted by Gasteiger charge is 2.08. The van der Waals surface area contributed by atoms with Crippen LogP contribution >= 0.6 is 11.6 Å². The van der Waals surface area contributed by atoms with E-state index in [1.165, 1.54) is 10.8 Å². The Hall–Kier alpha value is -1.82. The van der Waals surface area contributed by atoms with E-state index in [1.54, 1.807) is 20.0 Å². The summed E-state index contributed by atoms with van der Waals surface area (Å²) in [6.07, 6.45) is 2.75. The van der Waals surface area contributed by atoms with Gasteiger partial charge >= 0.3 is 5.97 Å². The molecule has 0 aromatic carbocycles. The molecule has 0 atom stereocenters. The maximum Gasteiger partial charge on any atom is 0.305 e. The number of amides is 1. The number of nitrogens with zero attached hydrogens (tertiary/aromatic N) is 2. The van der Waals surface area contributed by atoms with Crippen LogP contribution in [0, 0.1) is 6.92 Å². The van der Waals surface area contributed by atoms with Gasteiger partial charge in [0, 0.05) is 25.2 Å². The first-order valence-electron chi connectivity index (χ1n) is 5.28. The van der Waals surface area contributed by atoms with E-state index >= 15 is 0 Å². The van der Waals surface area contributed by atoms with Crippen molar-refractivity contribution >= 4 is 29.6 Å². The third-order valence-corrected chi connectivity index (χ3v) is 2.68. The maximum atomic E-state index is 11.4. The number of aliphatic carboxylic acids is 1. The van der Waals surface area contributed by atoms with Crippen LogP contribution in [-0.4, -0.2) is 33.3 Å². The van der Waals surface area contributed by atoms with E-state index in [4.69, 9.17) is 16.7 Å². The first kappa shape index (κ1) is 14.2. The molecule has 7 heteroatoms. The van der Waals surface area contributed by atoms with Crippen LogP contribution in [0.1, 0.15) is 17.7 Å². The fourth-order valence-electron chi connectivity index (χ4n) is 1.35. The van der Waals surface area contributed by atoms with Gasteiger partial charge in [-0.25, -0.2) is 0 Å². The van der Waals surface area contributed by atoms with Gasteiger partial charge in [0.2, 0.25) is 5.91 Å². The summed E-state index contributed by atoms with van der Waals surface area (Å²) >= 11 is 5.98. The molecule has 98 valence electrons. The zero-order valence-corrected chi connectivity index (χ0v) is 10.9. The number of aryl methyl sites for hydroxylation is 2. The average molecular weight is 272 g/mol. The molecule has 0 unspecified atom stereocenters. The monoisotopic (exact) mass is 271 g/mol. The van der Waals surface area contributed by atoms with Crippen molar-refractivity contribution in [3.05, 3.63) is 22.5 Å². The Bertz CT molecular complexity index is 494. The van der Waals surface area contributed by atoms with Gasteiger partial charge < -0.3 is 10.4 Å². The molecule has 0 saturated heterocycles. The molecular weight excluding hydrogens is 258 g/mol. The number of carboxylic acid groups (broad SMARTS) is 1. The van der Waals surface area contributed by atoms with E-state index in [-0.39, 0.29) is 18.9 Å². The molecule has 0 radical (unpaired) electrons. The molecule has 1 heterocycles. The van der Waals surface area contributed by atoms with Crippen molar-refractivity contribution in [3.63, 3.8) is 0 Å². The molecule has 0 aliphatic rings. The van der Waals surface area contributed by atoms with Gasteiger partial charge in [-0.3, -0.25) is 14.3 Å². The summed E-state index contributed by atoms with van der Waals surface area (Å²) in [6.45, 7) is 1.88. The smallest absolute Gasteiger partial charge is 0.305 e. The minimum atomic E-state index is -0.953. The normalized spacial score (nSPS) is 10.8. The Kier molecular flexibility index (Phi) is 4.91. The van der Waals surface area contributed by atoms with Gasteiger partial charge in [-0.05, 0) is 13.0 Å². The lowest BCUT2D eigenvalue weighted by Gasteiger charge is -1.98. The van der Waals surface area contributed by atoms with Gasteiger partial charge in [0.05, 0.1) is 12.1 Å². The van der Waals surface area contributed by atoms with Gasteiger partial charge in [0.1, 0.15) is 5.15 Å². The number of hydrogen-bond acceptors (Lipinski definition) is 3. The van der Waals surface area contributed by atoms with Crippen molar-refractivity contribution in [1.82, 2.24) is 15.1 Å². The van der Waals surface area contributed by atoms with E-state index in [1.807, 2.05) is 0 Å². The fourth-order valence-corrected chi connectivity index (χ4v) is 1.58. The minimum Gasteiger partial charge on any atom is -0.481 e. The van der Waals surface area contributed by atoms with Crippen molar-refractivity contribution in [1.29, 1.82) is 0 Å². The van der Waals surface area contributed by atoms with Crippen LogP contribution in [-0.2, 0) is 16.6 Å². The zero-order valence-electron chi connectivity index (χ0n) is 10.1. The highest BCUT2D eigenvalue weighted by atomic mass is 35.5. The summed E-state index contributed by atoms with van der Waals surface area (Å²) in [5.41, 5.74) is 1.39. The van der Waals surface area contributed by atoms with Gasteiger partial charge in [0.25, 0.3) is 0 Å². The molecule has 18 heavy (non-hydrogen) atoms. The molecular formula is C11H14ClN3O3. The summed E-state index contributed by atoms with van der Waals surface area (Å²) in [5.74, 6) is -1.32. The predicted molar refractivity (Wildman–Crippen MR) is 67.3 cm³/mol. The molecule has 1 aromatic rings. The number of halogens is 1. The second kappa shape index (κ2) is 6.20. The zero-order chi connectivity index (χ0) is 13.7. The molecule has 0 fully saturated rings. The standard InChI is InChI=1S/C11H14ClN3O3/c1-7-8(11(12)15(2)14-7)3-4-9(16)13-6-5-10(17)18/h3-4H,5-6H2,1-2H3,(H,13,16)(H,17,18)/b4-3+. The quantitative estimate of drug-likeness (QED) is 0.782. The van der Waals surface area contributed by atoms with E-state index in [0.29, 0.717) is 10.7 Å². The maximum absolute atomic E-state index is 11.4. The number of rotatable bonds is 5. The Morgan fingerprint density at radius 1 is 1.56 bits per heavy atom. The molecule has 1 rings (SSSR count). The third kappa shape index (κ3) is 3.89. The van der Waals surface area contributed by atoms with Crippen molar-refractivity contribution in [2.45, 2.75) is 13.3 Å². The van der Waals surface area contributed by atoms with Gasteiger partial charge in [-0.15, -0.1) is 0 Å². The van der Waals surface area contributed by atoms with E-state index < -0.39 is 5.97 Å². The predicted octanol–water partition coefficient (Wildman–Crippen LogP) is 0.986. The number of nitrogens with one attached hydrogen (secondary N) is 1. The molecule has 0 saturated carbocycles. The summed E-state index contributed by atoms with van der Waals surface area (Å²) in [5, 5.41) is 15.4. The lowest BCUT2D eigenvalue weighted by molar-refractivity contribution is -0.136. The fraction of sp³-hybridized carbons (Fsp3) is 0.364. The Balaban J connectivity index is 2.58. The van der Waals surface area contributed by atoms with Gasteiger partial charge in [-0.2, -0.15) is 5.10 Å². The molecule has 0 spiro atoms. The second-order valence-corrected chi connectivity index (χ2v) is 4.04. The van der Waals surface area contributed by atoms with Crippen LogP contribution in [0.15, 0.2) is 6.08 Å². The highest BCUT2D eigenvalue weighted by Crippen LogP contribution is 2.19. The van der Waals surface area contributed by atoms with Crippen molar-refractivity contribution in [2.24, 2.45) is 7.05 Å². The van der Waals surface area contributed by atoms with Crippen LogP contribution in [0.5, 0.6) is 0 Å². The number of carboxylic acids is 1. The highest BCUT2D eigenvalue weighted by molar-refractivity contribution is 6.31. The van der Waals surface area contributed by atoms with E-state index in [2.05, 4.69) is 10.4 Å². The topological polar surface area (TPSA) is 84.2 Å². The average Bonchev–Trinajstić information content (AvgIpc) is 2.50. The number of aromatic nitrogens is 2. The minimum absolute atomic E-state index is 0.0955. The number of carbonyl (C=O) groups is 2. The molecule has 1 amide bonds. The van der Waals surface area contributed by atoms with Crippen LogP contribution < -0.4 is 5.32 Å². The molecule has 6 nitrogen and oxygen atoms in total. The van der Waals surface area contributed by atoms with Gasteiger partial charge in [0.15, 0.2) is 0 Å². The lowest BCUT2D eigenvalue weighted by atomic mass is 10.2. The molecule has 0 bridgehead atoms. The van der Waals surface area contributed by atoms with Crippen LogP contribution in [0.3, 0.4) is 0 Å². The molecule has 2 N–H and O–H groups in total. The van der Waals surface area contributed by atoms with Crippen LogP contribution in [0.25, 0.3) is 6.08 Å². The summed E-state index contributed by atoms with van der Waals surface area (Å²) in [7, 11) is 1.71. The molecule has 1 aromatic heterocycles. The first-order chi connectivity index (χ1) is 8.41. The summed E-state index contributed by atoms with van der Waals surface area (Å²) in [4.78, 5) is 21.6. The first-order valence-corrected chi connectivity index (χ1v) is 5.66. The number of carbonyl (C=O) groups excluding carboxylic acids is 1. The summed E-state index contributed by atoms with van der Waals surface area (Å²) < 4.78 is 1.51. The van der Waals surface area contributed by atoms with Crippen molar-refractivity contribution in [3.8, 4) is 0 Å². The summed E-state index contributed by atoms with van der Waals surface area (Å²) in [6, 6.07) is 0. The Labute approximate surface area is 109 Å².